The lowest BCUT2D eigenvalue weighted by atomic mass is 9.96. The van der Waals surface area contributed by atoms with Gasteiger partial charge in [0.2, 0.25) is 0 Å². The van der Waals surface area contributed by atoms with E-state index in [1.807, 2.05) is 36.7 Å². The van der Waals surface area contributed by atoms with E-state index in [0.717, 1.165) is 39.0 Å². The van der Waals surface area contributed by atoms with Gasteiger partial charge in [-0.2, -0.15) is 0 Å². The molecule has 0 aliphatic heterocycles. The summed E-state index contributed by atoms with van der Waals surface area (Å²) in [4.78, 5) is 9.90. The van der Waals surface area contributed by atoms with Crippen molar-refractivity contribution in [3.05, 3.63) is 83.8 Å². The quantitative estimate of drug-likeness (QED) is 0.405. The number of para-hydroxylation sites is 1. The van der Waals surface area contributed by atoms with Gasteiger partial charge in [0.15, 0.2) is 0 Å². The maximum atomic E-state index is 12.0. The van der Waals surface area contributed by atoms with E-state index in [1.54, 1.807) is 6.07 Å². The Morgan fingerprint density at radius 3 is 2.69 bits per heavy atom. The molecule has 1 saturated carbocycles. The molecule has 0 radical (unpaired) electrons. The minimum atomic E-state index is -1.55. The van der Waals surface area contributed by atoms with Gasteiger partial charge in [-0.05, 0) is 74.0 Å². The second-order valence-electron chi connectivity index (χ2n) is 8.55. The van der Waals surface area contributed by atoms with E-state index in [1.165, 1.54) is 18.4 Å². The van der Waals surface area contributed by atoms with Crippen LogP contribution in [0.2, 0.25) is 0 Å². The number of pyridine rings is 2. The molecule has 4 aromatic rings. The maximum absolute atomic E-state index is 12.0. The molecule has 2 aromatic heterocycles. The summed E-state index contributed by atoms with van der Waals surface area (Å²) >= 11 is 0. The lowest BCUT2D eigenvalue weighted by Crippen LogP contribution is -2.12. The molecule has 2 unspecified atom stereocenters. The first-order chi connectivity index (χ1) is 15.5. The number of nitrogens with two attached hydrogens (primary N) is 1. The Morgan fingerprint density at radius 1 is 1.09 bits per heavy atom. The number of nitrogens with one attached hydrogen (secondary N) is 1. The maximum Gasteiger partial charge on any atom is 0.124 e. The number of benzene rings is 2. The van der Waals surface area contributed by atoms with Crippen molar-refractivity contribution in [2.45, 2.75) is 43.5 Å². The van der Waals surface area contributed by atoms with Crippen LogP contribution in [-0.2, 0) is 11.0 Å². The zero-order chi connectivity index (χ0) is 22.2. The summed E-state index contributed by atoms with van der Waals surface area (Å²) < 4.78 is 12.0. The van der Waals surface area contributed by atoms with Crippen LogP contribution in [0, 0.1) is 6.92 Å². The highest BCUT2D eigenvalue weighted by Crippen LogP contribution is 2.40. The van der Waals surface area contributed by atoms with Crippen LogP contribution in [0.15, 0.2) is 71.9 Å². The molecular weight excluding hydrogens is 416 g/mol. The van der Waals surface area contributed by atoms with Gasteiger partial charge in [0.1, 0.15) is 11.0 Å². The molecule has 1 aliphatic carbocycles. The van der Waals surface area contributed by atoms with E-state index in [9.17, 15) is 4.21 Å². The van der Waals surface area contributed by atoms with Gasteiger partial charge < -0.3 is 5.32 Å². The third kappa shape index (κ3) is 4.16. The smallest absolute Gasteiger partial charge is 0.124 e. The minimum absolute atomic E-state index is 0.0168. The number of hydrogen-bond donors (Lipinski definition) is 2. The largest absolute Gasteiger partial charge is 0.377 e. The molecule has 6 heteroatoms. The molecule has 5 rings (SSSR count). The Kier molecular flexibility index (Phi) is 5.49. The highest BCUT2D eigenvalue weighted by atomic mass is 32.2. The standard InChI is InChI=1S/C26H26N4OS/c1-16-11-20-15-29-25(19-9-10-28-24(13-19)18-7-8-18)14-22(20)21(12-16)17(2)30-23-5-3-4-6-26(23)32(27)31/h3-6,9-15,17-18,30H,7-8,27H2,1-2H3. The van der Waals surface area contributed by atoms with Gasteiger partial charge in [-0.15, -0.1) is 0 Å². The minimum Gasteiger partial charge on any atom is -0.377 e. The van der Waals surface area contributed by atoms with Crippen molar-refractivity contribution < 1.29 is 4.21 Å². The van der Waals surface area contributed by atoms with Crippen molar-refractivity contribution in [2.75, 3.05) is 5.32 Å². The predicted octanol–water partition coefficient (Wildman–Crippen LogP) is 5.64. The molecule has 2 aromatic carbocycles. The summed E-state index contributed by atoms with van der Waals surface area (Å²) in [6.07, 6.45) is 6.29. The van der Waals surface area contributed by atoms with Crippen molar-refractivity contribution in [3.63, 3.8) is 0 Å². The summed E-state index contributed by atoms with van der Waals surface area (Å²) in [5.74, 6) is 0.603. The molecule has 2 heterocycles. The van der Waals surface area contributed by atoms with Gasteiger partial charge in [-0.25, -0.2) is 9.35 Å². The summed E-state index contributed by atoms with van der Waals surface area (Å²) in [6, 6.07) is 18.2. The van der Waals surface area contributed by atoms with Crippen molar-refractivity contribution >= 4 is 27.4 Å². The normalized spacial score (nSPS) is 15.5. The second kappa shape index (κ2) is 8.45. The molecule has 0 saturated heterocycles. The SMILES string of the molecule is Cc1cc(C(C)Nc2ccccc2S(N)=O)c2cc(-c3ccnc(C4CC4)c3)ncc2c1. The van der Waals surface area contributed by atoms with Crippen LogP contribution in [0.5, 0.6) is 0 Å². The summed E-state index contributed by atoms with van der Waals surface area (Å²) in [5.41, 5.74) is 6.33. The zero-order valence-electron chi connectivity index (χ0n) is 18.2. The van der Waals surface area contributed by atoms with Crippen molar-refractivity contribution in [2.24, 2.45) is 5.14 Å². The molecule has 0 spiro atoms. The number of aromatic nitrogens is 2. The van der Waals surface area contributed by atoms with E-state index in [2.05, 4.69) is 48.4 Å². The van der Waals surface area contributed by atoms with Gasteiger partial charge in [-0.1, -0.05) is 23.8 Å². The molecule has 162 valence electrons. The lowest BCUT2D eigenvalue weighted by Gasteiger charge is -2.20. The van der Waals surface area contributed by atoms with Crippen molar-refractivity contribution in [1.82, 2.24) is 9.97 Å². The number of nitrogens with zero attached hydrogens (tertiary/aromatic N) is 2. The molecule has 0 amide bonds. The molecule has 32 heavy (non-hydrogen) atoms. The van der Waals surface area contributed by atoms with Crippen LogP contribution in [0.25, 0.3) is 22.0 Å². The average Bonchev–Trinajstić information content (AvgIpc) is 3.64. The monoisotopic (exact) mass is 442 g/mol. The number of hydrogen-bond acceptors (Lipinski definition) is 4. The average molecular weight is 443 g/mol. The van der Waals surface area contributed by atoms with E-state index in [0.29, 0.717) is 10.8 Å². The first-order valence-electron chi connectivity index (χ1n) is 10.9. The van der Waals surface area contributed by atoms with Crippen LogP contribution in [0.4, 0.5) is 5.69 Å². The molecule has 1 aliphatic rings. The second-order valence-corrected chi connectivity index (χ2v) is 9.58. The first-order valence-corrected chi connectivity index (χ1v) is 12.1. The van der Waals surface area contributed by atoms with Crippen LogP contribution < -0.4 is 10.5 Å². The Bertz CT molecular complexity index is 1330. The zero-order valence-corrected chi connectivity index (χ0v) is 19.0. The van der Waals surface area contributed by atoms with E-state index in [-0.39, 0.29) is 6.04 Å². The molecule has 3 N–H and O–H groups in total. The van der Waals surface area contributed by atoms with E-state index in [4.69, 9.17) is 10.1 Å². The van der Waals surface area contributed by atoms with E-state index >= 15 is 0 Å². The fourth-order valence-electron chi connectivity index (χ4n) is 4.24. The fourth-order valence-corrected chi connectivity index (χ4v) is 4.80. The van der Waals surface area contributed by atoms with E-state index < -0.39 is 11.0 Å². The third-order valence-electron chi connectivity index (χ3n) is 6.03. The number of aryl methyl sites for hydroxylation is 1. The summed E-state index contributed by atoms with van der Waals surface area (Å²) in [7, 11) is -1.55. The van der Waals surface area contributed by atoms with Gasteiger partial charge in [0, 0.05) is 41.0 Å². The fraction of sp³-hybridized carbons (Fsp3) is 0.231. The van der Waals surface area contributed by atoms with Crippen molar-refractivity contribution in [3.8, 4) is 11.3 Å². The van der Waals surface area contributed by atoms with Gasteiger partial charge in [0.05, 0.1) is 16.3 Å². The molecule has 2 atom stereocenters. The van der Waals surface area contributed by atoms with Crippen LogP contribution in [0.3, 0.4) is 0 Å². The molecular formula is C26H26N4OS. The van der Waals surface area contributed by atoms with Crippen LogP contribution >= 0.6 is 0 Å². The highest BCUT2D eigenvalue weighted by Gasteiger charge is 2.25. The Balaban J connectivity index is 1.56. The van der Waals surface area contributed by atoms with Gasteiger partial charge in [-0.3, -0.25) is 9.97 Å². The number of anilines is 1. The lowest BCUT2D eigenvalue weighted by molar-refractivity contribution is 0.684. The molecule has 0 bridgehead atoms. The first kappa shape index (κ1) is 20.8. The van der Waals surface area contributed by atoms with Crippen LogP contribution in [-0.4, -0.2) is 14.2 Å². The van der Waals surface area contributed by atoms with Gasteiger partial charge in [0.25, 0.3) is 0 Å². The molecule has 5 nitrogen and oxygen atoms in total. The van der Waals surface area contributed by atoms with Crippen LogP contribution in [0.1, 0.15) is 48.5 Å². The highest BCUT2D eigenvalue weighted by molar-refractivity contribution is 7.82. The Morgan fingerprint density at radius 2 is 1.91 bits per heavy atom. The van der Waals surface area contributed by atoms with Crippen molar-refractivity contribution in [1.29, 1.82) is 0 Å². The predicted molar refractivity (Wildman–Crippen MR) is 131 cm³/mol. The number of rotatable bonds is 6. The Labute approximate surface area is 190 Å². The topological polar surface area (TPSA) is 80.9 Å². The number of fused-ring (bicyclic) bond motifs is 1. The third-order valence-corrected chi connectivity index (χ3v) is 6.82. The summed E-state index contributed by atoms with van der Waals surface area (Å²) in [5, 5.41) is 11.5. The molecule has 1 fully saturated rings. The van der Waals surface area contributed by atoms with Gasteiger partial charge >= 0.3 is 0 Å². The summed E-state index contributed by atoms with van der Waals surface area (Å²) in [6.45, 7) is 4.21. The Hall–Kier alpha value is -3.09.